The molecule has 1 aromatic carbocycles. The Morgan fingerprint density at radius 1 is 1.48 bits per heavy atom. The van der Waals surface area contributed by atoms with Gasteiger partial charge in [0, 0.05) is 30.3 Å². The third kappa shape index (κ3) is 2.95. The summed E-state index contributed by atoms with van der Waals surface area (Å²) in [6.45, 7) is 0. The molecule has 0 saturated heterocycles. The molecule has 0 bridgehead atoms. The van der Waals surface area contributed by atoms with Crippen molar-refractivity contribution < 1.29 is 4.79 Å². The summed E-state index contributed by atoms with van der Waals surface area (Å²) in [5, 5.41) is 10.8. The van der Waals surface area contributed by atoms with E-state index in [0.29, 0.717) is 6.42 Å². The van der Waals surface area contributed by atoms with Crippen molar-refractivity contribution in [1.29, 1.82) is 0 Å². The van der Waals surface area contributed by atoms with Gasteiger partial charge in [-0.15, -0.1) is 10.2 Å². The number of nitrogens with two attached hydrogens (primary N) is 1. The highest BCUT2D eigenvalue weighted by Gasteiger charge is 2.34. The number of carbonyl (C=O) groups excluding carboxylic acids is 1. The number of rotatable bonds is 4. The van der Waals surface area contributed by atoms with Crippen LogP contribution in [0.3, 0.4) is 0 Å². The molecule has 1 heterocycles. The lowest BCUT2D eigenvalue weighted by atomic mass is 9.75. The number of hydrogen-bond acceptors (Lipinski definition) is 4. The SMILES string of the molecule is Cn1cnnc1-c1cccc(NC(=O)CC2(N)CCC2)c1. The van der Waals surface area contributed by atoms with Crippen LogP contribution >= 0.6 is 0 Å². The van der Waals surface area contributed by atoms with Crippen molar-refractivity contribution in [2.24, 2.45) is 12.8 Å². The molecule has 0 radical (unpaired) electrons. The summed E-state index contributed by atoms with van der Waals surface area (Å²) in [7, 11) is 1.88. The van der Waals surface area contributed by atoms with Crippen molar-refractivity contribution in [2.45, 2.75) is 31.2 Å². The van der Waals surface area contributed by atoms with E-state index in [1.807, 2.05) is 35.9 Å². The van der Waals surface area contributed by atoms with Crippen molar-refractivity contribution in [3.63, 3.8) is 0 Å². The van der Waals surface area contributed by atoms with Gasteiger partial charge in [-0.3, -0.25) is 4.79 Å². The van der Waals surface area contributed by atoms with E-state index in [0.717, 1.165) is 36.3 Å². The van der Waals surface area contributed by atoms with Crippen LogP contribution in [0.1, 0.15) is 25.7 Å². The maximum atomic E-state index is 12.1. The van der Waals surface area contributed by atoms with Gasteiger partial charge in [0.15, 0.2) is 5.82 Å². The lowest BCUT2D eigenvalue weighted by Gasteiger charge is -2.37. The van der Waals surface area contributed by atoms with Crippen LogP contribution in [-0.2, 0) is 11.8 Å². The van der Waals surface area contributed by atoms with Crippen LogP contribution in [-0.4, -0.2) is 26.2 Å². The van der Waals surface area contributed by atoms with E-state index in [2.05, 4.69) is 15.5 Å². The second kappa shape index (κ2) is 5.29. The normalized spacial score (nSPS) is 16.3. The third-order valence-electron chi connectivity index (χ3n) is 3.98. The molecular formula is C15H19N5O. The van der Waals surface area contributed by atoms with E-state index >= 15 is 0 Å². The van der Waals surface area contributed by atoms with Gasteiger partial charge in [-0.1, -0.05) is 12.1 Å². The van der Waals surface area contributed by atoms with Gasteiger partial charge >= 0.3 is 0 Å². The number of nitrogens with zero attached hydrogens (tertiary/aromatic N) is 3. The first-order valence-electron chi connectivity index (χ1n) is 7.09. The standard InChI is InChI=1S/C15H19N5O/c1-20-10-17-19-14(20)11-4-2-5-12(8-11)18-13(21)9-15(16)6-3-7-15/h2,4-5,8,10H,3,6-7,9,16H2,1H3,(H,18,21). The monoisotopic (exact) mass is 285 g/mol. The summed E-state index contributed by atoms with van der Waals surface area (Å²) in [6.07, 6.45) is 5.00. The molecule has 1 amide bonds. The van der Waals surface area contributed by atoms with Crippen LogP contribution in [0.4, 0.5) is 5.69 Å². The fraction of sp³-hybridized carbons (Fsp3) is 0.400. The van der Waals surface area contributed by atoms with E-state index in [9.17, 15) is 4.79 Å². The van der Waals surface area contributed by atoms with Gasteiger partial charge in [-0.2, -0.15) is 0 Å². The summed E-state index contributed by atoms with van der Waals surface area (Å²) in [5.74, 6) is 0.729. The molecule has 1 aliphatic rings. The average molecular weight is 285 g/mol. The van der Waals surface area contributed by atoms with Crippen molar-refractivity contribution in [3.8, 4) is 11.4 Å². The Kier molecular flexibility index (Phi) is 3.47. The molecule has 1 fully saturated rings. The van der Waals surface area contributed by atoms with Crippen LogP contribution in [0.15, 0.2) is 30.6 Å². The van der Waals surface area contributed by atoms with Gasteiger partial charge in [0.25, 0.3) is 0 Å². The van der Waals surface area contributed by atoms with Crippen molar-refractivity contribution in [3.05, 3.63) is 30.6 Å². The highest BCUT2D eigenvalue weighted by atomic mass is 16.1. The van der Waals surface area contributed by atoms with Crippen LogP contribution in [0.5, 0.6) is 0 Å². The van der Waals surface area contributed by atoms with Crippen molar-refractivity contribution in [2.75, 3.05) is 5.32 Å². The zero-order valence-electron chi connectivity index (χ0n) is 12.0. The van der Waals surface area contributed by atoms with Crippen LogP contribution in [0.2, 0.25) is 0 Å². The molecule has 3 rings (SSSR count). The summed E-state index contributed by atoms with van der Waals surface area (Å²) < 4.78 is 1.84. The molecule has 6 nitrogen and oxygen atoms in total. The Labute approximate surface area is 123 Å². The summed E-state index contributed by atoms with van der Waals surface area (Å²) in [5.41, 5.74) is 7.47. The smallest absolute Gasteiger partial charge is 0.226 e. The molecule has 0 spiro atoms. The molecule has 2 aromatic rings. The zero-order chi connectivity index (χ0) is 14.9. The molecule has 0 unspecified atom stereocenters. The first kappa shape index (κ1) is 13.8. The molecule has 6 heteroatoms. The maximum Gasteiger partial charge on any atom is 0.226 e. The summed E-state index contributed by atoms with van der Waals surface area (Å²) >= 11 is 0. The van der Waals surface area contributed by atoms with Gasteiger partial charge in [0.2, 0.25) is 5.91 Å². The maximum absolute atomic E-state index is 12.1. The van der Waals surface area contributed by atoms with E-state index in [-0.39, 0.29) is 11.4 Å². The Hall–Kier alpha value is -2.21. The quantitative estimate of drug-likeness (QED) is 0.895. The molecule has 1 aliphatic carbocycles. The van der Waals surface area contributed by atoms with Gasteiger partial charge in [-0.05, 0) is 31.4 Å². The summed E-state index contributed by atoms with van der Waals surface area (Å²) in [4.78, 5) is 12.1. The van der Waals surface area contributed by atoms with Crippen molar-refractivity contribution >= 4 is 11.6 Å². The van der Waals surface area contributed by atoms with Crippen LogP contribution < -0.4 is 11.1 Å². The molecule has 21 heavy (non-hydrogen) atoms. The first-order chi connectivity index (χ1) is 10.1. The Morgan fingerprint density at radius 3 is 2.90 bits per heavy atom. The second-order valence-corrected chi connectivity index (χ2v) is 5.79. The fourth-order valence-corrected chi connectivity index (χ4v) is 2.61. The number of hydrogen-bond donors (Lipinski definition) is 2. The number of aryl methyl sites for hydroxylation is 1. The second-order valence-electron chi connectivity index (χ2n) is 5.79. The molecule has 0 aliphatic heterocycles. The van der Waals surface area contributed by atoms with Crippen molar-refractivity contribution in [1.82, 2.24) is 14.8 Å². The molecule has 110 valence electrons. The number of benzene rings is 1. The predicted molar refractivity (Wildman–Crippen MR) is 80.5 cm³/mol. The number of amides is 1. The van der Waals surface area contributed by atoms with E-state index in [1.54, 1.807) is 6.33 Å². The minimum atomic E-state index is -0.300. The number of aromatic nitrogens is 3. The molecular weight excluding hydrogens is 266 g/mol. The lowest BCUT2D eigenvalue weighted by molar-refractivity contribution is -0.118. The number of nitrogens with one attached hydrogen (secondary N) is 1. The van der Waals surface area contributed by atoms with E-state index in [4.69, 9.17) is 5.73 Å². The minimum Gasteiger partial charge on any atom is -0.326 e. The topological polar surface area (TPSA) is 85.8 Å². The number of carbonyl (C=O) groups is 1. The minimum absolute atomic E-state index is 0.0349. The first-order valence-corrected chi connectivity index (χ1v) is 7.09. The average Bonchev–Trinajstić information content (AvgIpc) is 2.83. The van der Waals surface area contributed by atoms with Gasteiger partial charge in [-0.25, -0.2) is 0 Å². The summed E-state index contributed by atoms with van der Waals surface area (Å²) in [6, 6.07) is 7.59. The van der Waals surface area contributed by atoms with Gasteiger partial charge < -0.3 is 15.6 Å². The Balaban J connectivity index is 1.71. The lowest BCUT2D eigenvalue weighted by Crippen LogP contribution is -2.48. The predicted octanol–water partition coefficient (Wildman–Crippen LogP) is 1.69. The van der Waals surface area contributed by atoms with E-state index in [1.165, 1.54) is 0 Å². The molecule has 1 aromatic heterocycles. The molecule has 3 N–H and O–H groups in total. The molecule has 0 atom stereocenters. The van der Waals surface area contributed by atoms with E-state index < -0.39 is 0 Å². The third-order valence-corrected chi connectivity index (χ3v) is 3.98. The van der Waals surface area contributed by atoms with Crippen LogP contribution in [0.25, 0.3) is 11.4 Å². The highest BCUT2D eigenvalue weighted by Crippen LogP contribution is 2.32. The molecule has 1 saturated carbocycles. The Morgan fingerprint density at radius 2 is 2.29 bits per heavy atom. The number of anilines is 1. The van der Waals surface area contributed by atoms with Crippen LogP contribution in [0, 0.1) is 0 Å². The zero-order valence-corrected chi connectivity index (χ0v) is 12.0. The fourth-order valence-electron chi connectivity index (χ4n) is 2.61. The largest absolute Gasteiger partial charge is 0.326 e. The highest BCUT2D eigenvalue weighted by molar-refractivity contribution is 5.92. The van der Waals surface area contributed by atoms with Gasteiger partial charge in [0.1, 0.15) is 6.33 Å². The van der Waals surface area contributed by atoms with Gasteiger partial charge in [0.05, 0.1) is 0 Å². The Bertz CT molecular complexity index is 660.